The highest BCUT2D eigenvalue weighted by Crippen LogP contribution is 2.36. The fourth-order valence-electron chi connectivity index (χ4n) is 2.87. The normalized spacial score (nSPS) is 11.3. The van der Waals surface area contributed by atoms with Crippen LogP contribution in [0.4, 0.5) is 10.8 Å². The fourth-order valence-corrected chi connectivity index (χ4v) is 5.13. The molecule has 0 unspecified atom stereocenters. The van der Waals surface area contributed by atoms with Crippen molar-refractivity contribution in [1.82, 2.24) is 4.98 Å². The summed E-state index contributed by atoms with van der Waals surface area (Å²) in [6.07, 6.45) is 0. The van der Waals surface area contributed by atoms with E-state index in [1.54, 1.807) is 42.5 Å². The number of fused-ring (bicyclic) bond motifs is 1. The van der Waals surface area contributed by atoms with Crippen LogP contribution in [0.5, 0.6) is 5.75 Å². The SMILES string of the molecule is COc1cc(NS(=O)(=O)c2cccc(Cl)c2)cc2sc(NC(=O)c3ccccc3)nc12. The van der Waals surface area contributed by atoms with Crippen molar-refractivity contribution in [3.05, 3.63) is 77.3 Å². The van der Waals surface area contributed by atoms with Gasteiger partial charge in [0.25, 0.3) is 15.9 Å². The second-order valence-corrected chi connectivity index (χ2v) is 9.58. The molecule has 0 atom stereocenters. The summed E-state index contributed by atoms with van der Waals surface area (Å²) in [5.74, 6) is 0.0817. The molecule has 0 fully saturated rings. The molecule has 3 aromatic carbocycles. The van der Waals surface area contributed by atoms with Crippen molar-refractivity contribution in [3.8, 4) is 5.75 Å². The van der Waals surface area contributed by atoms with Crippen LogP contribution in [0.25, 0.3) is 10.2 Å². The van der Waals surface area contributed by atoms with E-state index in [2.05, 4.69) is 15.0 Å². The second-order valence-electron chi connectivity index (χ2n) is 6.43. The Morgan fingerprint density at radius 2 is 1.84 bits per heavy atom. The van der Waals surface area contributed by atoms with Crippen molar-refractivity contribution in [3.63, 3.8) is 0 Å². The average molecular weight is 474 g/mol. The highest BCUT2D eigenvalue weighted by Gasteiger charge is 2.18. The summed E-state index contributed by atoms with van der Waals surface area (Å²) in [6.45, 7) is 0. The van der Waals surface area contributed by atoms with Crippen molar-refractivity contribution in [1.29, 1.82) is 0 Å². The predicted octanol–water partition coefficient (Wildman–Crippen LogP) is 5.01. The molecule has 0 aliphatic rings. The fraction of sp³-hybridized carbons (Fsp3) is 0.0476. The van der Waals surface area contributed by atoms with Gasteiger partial charge in [0.05, 0.1) is 22.4 Å². The Morgan fingerprint density at radius 1 is 1.06 bits per heavy atom. The van der Waals surface area contributed by atoms with Crippen LogP contribution in [0.1, 0.15) is 10.4 Å². The van der Waals surface area contributed by atoms with E-state index in [0.717, 1.165) is 0 Å². The van der Waals surface area contributed by atoms with E-state index in [9.17, 15) is 13.2 Å². The number of carbonyl (C=O) groups is 1. The maximum absolute atomic E-state index is 12.7. The van der Waals surface area contributed by atoms with E-state index < -0.39 is 10.0 Å². The van der Waals surface area contributed by atoms with Gasteiger partial charge in [-0.2, -0.15) is 0 Å². The van der Waals surface area contributed by atoms with Gasteiger partial charge in [-0.15, -0.1) is 0 Å². The van der Waals surface area contributed by atoms with Gasteiger partial charge in [-0.1, -0.05) is 47.2 Å². The second kappa shape index (κ2) is 8.54. The molecule has 10 heteroatoms. The predicted molar refractivity (Wildman–Crippen MR) is 123 cm³/mol. The van der Waals surface area contributed by atoms with Gasteiger partial charge in [-0.05, 0) is 36.4 Å². The third-order valence-electron chi connectivity index (χ3n) is 4.29. The highest BCUT2D eigenvalue weighted by atomic mass is 35.5. The van der Waals surface area contributed by atoms with Crippen molar-refractivity contribution in [2.75, 3.05) is 17.1 Å². The minimum absolute atomic E-state index is 0.0409. The summed E-state index contributed by atoms with van der Waals surface area (Å²) in [7, 11) is -2.39. The molecule has 4 aromatic rings. The van der Waals surface area contributed by atoms with E-state index in [4.69, 9.17) is 16.3 Å². The molecule has 1 amide bonds. The van der Waals surface area contributed by atoms with Crippen LogP contribution >= 0.6 is 22.9 Å². The molecule has 0 bridgehead atoms. The largest absolute Gasteiger partial charge is 0.494 e. The van der Waals surface area contributed by atoms with Crippen molar-refractivity contribution >= 4 is 59.9 Å². The number of thiazole rings is 1. The molecule has 0 saturated carbocycles. The van der Waals surface area contributed by atoms with Crippen LogP contribution in [-0.2, 0) is 10.0 Å². The molecular formula is C21H16ClN3O4S2. The first-order valence-electron chi connectivity index (χ1n) is 8.99. The quantitative estimate of drug-likeness (QED) is 0.410. The lowest BCUT2D eigenvalue weighted by Gasteiger charge is -2.10. The lowest BCUT2D eigenvalue weighted by molar-refractivity contribution is 0.102. The van der Waals surface area contributed by atoms with Gasteiger partial charge in [0, 0.05) is 16.7 Å². The molecule has 158 valence electrons. The van der Waals surface area contributed by atoms with Gasteiger partial charge in [0.1, 0.15) is 11.3 Å². The summed E-state index contributed by atoms with van der Waals surface area (Å²) in [5.41, 5.74) is 1.32. The van der Waals surface area contributed by atoms with Gasteiger partial charge in [-0.3, -0.25) is 14.8 Å². The molecule has 4 rings (SSSR count). The molecule has 2 N–H and O–H groups in total. The van der Waals surface area contributed by atoms with Crippen LogP contribution in [-0.4, -0.2) is 26.4 Å². The van der Waals surface area contributed by atoms with E-state index in [-0.39, 0.29) is 10.8 Å². The molecule has 1 heterocycles. The summed E-state index contributed by atoms with van der Waals surface area (Å²) < 4.78 is 34.0. The maximum atomic E-state index is 12.7. The molecule has 0 aliphatic carbocycles. The summed E-state index contributed by atoms with van der Waals surface area (Å²) >= 11 is 7.12. The minimum atomic E-state index is -3.85. The third-order valence-corrected chi connectivity index (χ3v) is 6.83. The molecule has 7 nitrogen and oxygen atoms in total. The third kappa shape index (κ3) is 4.63. The van der Waals surface area contributed by atoms with Crippen LogP contribution in [0, 0.1) is 0 Å². The van der Waals surface area contributed by atoms with Crippen molar-refractivity contribution in [2.24, 2.45) is 0 Å². The first-order chi connectivity index (χ1) is 14.9. The first kappa shape index (κ1) is 21.1. The number of ether oxygens (including phenoxy) is 1. The lowest BCUT2D eigenvalue weighted by Crippen LogP contribution is -2.12. The van der Waals surface area contributed by atoms with E-state index in [1.807, 2.05) is 6.07 Å². The Bertz CT molecular complexity index is 1370. The van der Waals surface area contributed by atoms with Gasteiger partial charge in [0.2, 0.25) is 0 Å². The molecule has 0 radical (unpaired) electrons. The zero-order valence-corrected chi connectivity index (χ0v) is 18.5. The number of rotatable bonds is 6. The molecule has 0 spiro atoms. The summed E-state index contributed by atoms with van der Waals surface area (Å²) in [4.78, 5) is 16.9. The first-order valence-corrected chi connectivity index (χ1v) is 11.7. The van der Waals surface area contributed by atoms with Gasteiger partial charge in [0.15, 0.2) is 5.13 Å². The Hall–Kier alpha value is -3.14. The zero-order chi connectivity index (χ0) is 22.0. The number of methoxy groups -OCH3 is 1. The number of hydrogen-bond donors (Lipinski definition) is 2. The number of halogens is 1. The molecule has 1 aromatic heterocycles. The lowest BCUT2D eigenvalue weighted by atomic mass is 10.2. The number of benzene rings is 3. The Balaban J connectivity index is 1.65. The van der Waals surface area contributed by atoms with E-state index in [1.165, 1.54) is 36.6 Å². The van der Waals surface area contributed by atoms with Gasteiger partial charge < -0.3 is 4.74 Å². The number of amides is 1. The number of nitrogens with one attached hydrogen (secondary N) is 2. The number of carbonyl (C=O) groups excluding carboxylic acids is 1. The zero-order valence-electron chi connectivity index (χ0n) is 16.1. The van der Waals surface area contributed by atoms with Gasteiger partial charge in [-0.25, -0.2) is 13.4 Å². The highest BCUT2D eigenvalue weighted by molar-refractivity contribution is 7.92. The number of nitrogens with zero attached hydrogens (tertiary/aromatic N) is 1. The Morgan fingerprint density at radius 3 is 2.55 bits per heavy atom. The van der Waals surface area contributed by atoms with Crippen LogP contribution in [0.2, 0.25) is 5.02 Å². The minimum Gasteiger partial charge on any atom is -0.494 e. The van der Waals surface area contributed by atoms with Crippen LogP contribution in [0.3, 0.4) is 0 Å². The number of sulfonamides is 1. The summed E-state index contributed by atoms with van der Waals surface area (Å²) in [5, 5.41) is 3.45. The topological polar surface area (TPSA) is 97.4 Å². The maximum Gasteiger partial charge on any atom is 0.261 e. The van der Waals surface area contributed by atoms with Crippen molar-refractivity contribution in [2.45, 2.75) is 4.90 Å². The monoisotopic (exact) mass is 473 g/mol. The molecule has 31 heavy (non-hydrogen) atoms. The van der Waals surface area contributed by atoms with E-state index >= 15 is 0 Å². The smallest absolute Gasteiger partial charge is 0.261 e. The summed E-state index contributed by atoms with van der Waals surface area (Å²) in [6, 6.07) is 17.9. The average Bonchev–Trinajstić information content (AvgIpc) is 3.15. The Labute approximate surface area is 187 Å². The standard InChI is InChI=1S/C21H16ClN3O4S2/c1-29-17-11-15(25-31(27,28)16-9-5-8-14(22)10-16)12-18-19(17)23-21(30-18)24-20(26)13-6-3-2-4-7-13/h2-12,25H,1H3,(H,23,24,26). The number of hydrogen-bond acceptors (Lipinski definition) is 6. The molecule has 0 saturated heterocycles. The number of anilines is 2. The Kier molecular flexibility index (Phi) is 5.81. The molecule has 0 aliphatic heterocycles. The van der Waals surface area contributed by atoms with Crippen LogP contribution < -0.4 is 14.8 Å². The van der Waals surface area contributed by atoms with E-state index in [0.29, 0.717) is 37.4 Å². The molecular weight excluding hydrogens is 458 g/mol. The van der Waals surface area contributed by atoms with Gasteiger partial charge >= 0.3 is 0 Å². The van der Waals surface area contributed by atoms with Crippen molar-refractivity contribution < 1.29 is 17.9 Å². The van der Waals surface area contributed by atoms with Crippen LogP contribution in [0.15, 0.2) is 71.6 Å². The number of aromatic nitrogens is 1.